The lowest BCUT2D eigenvalue weighted by Gasteiger charge is -2.07. The van der Waals surface area contributed by atoms with E-state index in [1.165, 1.54) is 11.6 Å². The average Bonchev–Trinajstić information content (AvgIpc) is 3.25. The van der Waals surface area contributed by atoms with Gasteiger partial charge in [-0.1, -0.05) is 42.5 Å². The van der Waals surface area contributed by atoms with Crippen LogP contribution in [0.1, 0.15) is 27.9 Å². The molecule has 3 heterocycles. The minimum Gasteiger partial charge on any atom is -0.454 e. The lowest BCUT2D eigenvalue weighted by molar-refractivity contribution is 0.557. The maximum Gasteiger partial charge on any atom is 0.336 e. The molecule has 2 aromatic carbocycles. The largest absolute Gasteiger partial charge is 0.454 e. The Labute approximate surface area is 197 Å². The van der Waals surface area contributed by atoms with Crippen LogP contribution in [0.25, 0.3) is 33.3 Å². The zero-order valence-corrected chi connectivity index (χ0v) is 19.6. The summed E-state index contributed by atoms with van der Waals surface area (Å²) in [7, 11) is 0. The molecule has 0 fully saturated rings. The smallest absolute Gasteiger partial charge is 0.336 e. The Bertz CT molecular complexity index is 1500. The first-order valence-corrected chi connectivity index (χ1v) is 10.7. The van der Waals surface area contributed by atoms with Crippen LogP contribution in [0.2, 0.25) is 0 Å². The Balaban J connectivity index is 0.00000259. The van der Waals surface area contributed by atoms with E-state index in [2.05, 4.69) is 22.4 Å². The number of furan rings is 1. The summed E-state index contributed by atoms with van der Waals surface area (Å²) in [5.74, 6) is 0.640. The molecule has 6 heteroatoms. The van der Waals surface area contributed by atoms with Crippen molar-refractivity contribution in [2.24, 2.45) is 0 Å². The molecule has 3 aromatic heterocycles. The minimum atomic E-state index is -0.388. The molecule has 0 radical (unpaired) electrons. The highest BCUT2D eigenvalue weighted by Gasteiger charge is 2.17. The molecule has 0 aliphatic rings. The van der Waals surface area contributed by atoms with Crippen LogP contribution in [-0.4, -0.2) is 4.98 Å². The van der Waals surface area contributed by atoms with E-state index >= 15 is 0 Å². The Morgan fingerprint density at radius 3 is 2.45 bits per heavy atom. The van der Waals surface area contributed by atoms with Crippen molar-refractivity contribution >= 4 is 34.3 Å². The monoisotopic (exact) mass is 460 g/mol. The number of nitrogens with one attached hydrogen (secondary N) is 1. The van der Waals surface area contributed by atoms with Crippen LogP contribution < -0.4 is 10.9 Å². The van der Waals surface area contributed by atoms with Crippen LogP contribution in [-0.2, 0) is 13.1 Å². The fourth-order valence-corrected chi connectivity index (χ4v) is 4.08. The predicted molar refractivity (Wildman–Crippen MR) is 134 cm³/mol. The van der Waals surface area contributed by atoms with Crippen LogP contribution in [0.15, 0.2) is 74.4 Å². The first-order valence-electron chi connectivity index (χ1n) is 10.7. The molecule has 0 saturated carbocycles. The molecular formula is C27H25ClN2O3. The van der Waals surface area contributed by atoms with Gasteiger partial charge in [-0.05, 0) is 49.1 Å². The summed E-state index contributed by atoms with van der Waals surface area (Å²) in [5.41, 5.74) is 6.82. The van der Waals surface area contributed by atoms with E-state index in [-0.39, 0.29) is 18.0 Å². The summed E-state index contributed by atoms with van der Waals surface area (Å²) in [4.78, 5) is 16.9. The highest BCUT2D eigenvalue weighted by atomic mass is 35.5. The van der Waals surface area contributed by atoms with Gasteiger partial charge in [0.1, 0.15) is 11.3 Å². The number of aromatic nitrogens is 1. The van der Waals surface area contributed by atoms with Crippen molar-refractivity contribution in [2.75, 3.05) is 0 Å². The third kappa shape index (κ3) is 4.30. The summed E-state index contributed by atoms with van der Waals surface area (Å²) >= 11 is 0. The number of rotatable bonds is 5. The second kappa shape index (κ2) is 9.22. The summed E-state index contributed by atoms with van der Waals surface area (Å²) in [6, 6.07) is 17.8. The summed E-state index contributed by atoms with van der Waals surface area (Å²) in [5, 5.41) is 5.34. The highest BCUT2D eigenvalue weighted by Crippen LogP contribution is 2.35. The molecule has 0 aliphatic carbocycles. The van der Waals surface area contributed by atoms with Crippen molar-refractivity contribution in [1.82, 2.24) is 10.3 Å². The molecular weight excluding hydrogens is 436 g/mol. The van der Waals surface area contributed by atoms with E-state index in [1.54, 1.807) is 0 Å². The molecule has 5 nitrogen and oxygen atoms in total. The standard InChI is InChI=1S/C27H24N2O3.ClH/c1-16-9-10-21-23(12-25(30)32-26(21)17(16)2)24-11-22-20(15-29-18(3)27(22)31-24)14-28-13-19-7-5-4-6-8-19;/h4-12,15,28H,13-14H2,1-3H3;1H. The average molecular weight is 461 g/mol. The Morgan fingerprint density at radius 1 is 0.879 bits per heavy atom. The molecule has 0 saturated heterocycles. The van der Waals surface area contributed by atoms with Crippen molar-refractivity contribution in [3.63, 3.8) is 0 Å². The van der Waals surface area contributed by atoms with Crippen LogP contribution in [0.3, 0.4) is 0 Å². The van der Waals surface area contributed by atoms with Gasteiger partial charge in [0, 0.05) is 41.7 Å². The Kier molecular flexibility index (Phi) is 6.36. The first-order chi connectivity index (χ1) is 15.5. The van der Waals surface area contributed by atoms with Crippen LogP contribution in [0.5, 0.6) is 0 Å². The quantitative estimate of drug-likeness (QED) is 0.314. The predicted octanol–water partition coefficient (Wildman–Crippen LogP) is 6.24. The number of halogens is 1. The van der Waals surface area contributed by atoms with E-state index in [9.17, 15) is 4.79 Å². The van der Waals surface area contributed by atoms with E-state index in [4.69, 9.17) is 8.83 Å². The number of benzene rings is 2. The molecule has 168 valence electrons. The molecule has 1 N–H and O–H groups in total. The van der Waals surface area contributed by atoms with Gasteiger partial charge in [0.25, 0.3) is 0 Å². The lowest BCUT2D eigenvalue weighted by atomic mass is 10.0. The van der Waals surface area contributed by atoms with Gasteiger partial charge >= 0.3 is 5.63 Å². The number of fused-ring (bicyclic) bond motifs is 2. The molecule has 0 aliphatic heterocycles. The van der Waals surface area contributed by atoms with E-state index in [1.807, 2.05) is 63.4 Å². The van der Waals surface area contributed by atoms with Crippen LogP contribution in [0.4, 0.5) is 0 Å². The van der Waals surface area contributed by atoms with Gasteiger partial charge in [0.05, 0.1) is 5.69 Å². The van der Waals surface area contributed by atoms with Crippen molar-refractivity contribution in [1.29, 1.82) is 0 Å². The van der Waals surface area contributed by atoms with Crippen molar-refractivity contribution in [3.8, 4) is 11.3 Å². The zero-order valence-electron chi connectivity index (χ0n) is 18.8. The second-order valence-corrected chi connectivity index (χ2v) is 8.17. The zero-order chi connectivity index (χ0) is 22.2. The number of nitrogens with zero attached hydrogens (tertiary/aromatic N) is 1. The van der Waals surface area contributed by atoms with E-state index < -0.39 is 0 Å². The van der Waals surface area contributed by atoms with Crippen LogP contribution >= 0.6 is 12.4 Å². The van der Waals surface area contributed by atoms with Crippen molar-refractivity contribution in [2.45, 2.75) is 33.9 Å². The molecule has 0 amide bonds. The van der Waals surface area contributed by atoms with Gasteiger partial charge in [-0.15, -0.1) is 12.4 Å². The summed E-state index contributed by atoms with van der Waals surface area (Å²) < 4.78 is 11.8. The second-order valence-electron chi connectivity index (χ2n) is 8.17. The van der Waals surface area contributed by atoms with E-state index in [0.717, 1.165) is 50.8 Å². The number of pyridine rings is 1. The summed E-state index contributed by atoms with van der Waals surface area (Å²) in [6.07, 6.45) is 1.89. The van der Waals surface area contributed by atoms with Crippen molar-refractivity contribution in [3.05, 3.63) is 99.2 Å². The first kappa shape index (κ1) is 22.8. The highest BCUT2D eigenvalue weighted by molar-refractivity contribution is 5.97. The third-order valence-electron chi connectivity index (χ3n) is 6.01. The topological polar surface area (TPSA) is 68.3 Å². The van der Waals surface area contributed by atoms with Gasteiger partial charge in [-0.3, -0.25) is 4.98 Å². The number of hydrogen-bond acceptors (Lipinski definition) is 5. The third-order valence-corrected chi connectivity index (χ3v) is 6.01. The van der Waals surface area contributed by atoms with Gasteiger partial charge in [0.15, 0.2) is 5.58 Å². The number of hydrogen-bond donors (Lipinski definition) is 1. The summed E-state index contributed by atoms with van der Waals surface area (Å²) in [6.45, 7) is 7.33. The molecule has 0 atom stereocenters. The molecule has 0 bridgehead atoms. The number of aryl methyl sites for hydroxylation is 3. The lowest BCUT2D eigenvalue weighted by Crippen LogP contribution is -2.13. The molecule has 33 heavy (non-hydrogen) atoms. The van der Waals surface area contributed by atoms with Gasteiger partial charge < -0.3 is 14.2 Å². The molecule has 0 spiro atoms. The maximum absolute atomic E-state index is 12.3. The Morgan fingerprint density at radius 2 is 1.67 bits per heavy atom. The van der Waals surface area contributed by atoms with Crippen molar-refractivity contribution < 1.29 is 8.83 Å². The minimum absolute atomic E-state index is 0. The van der Waals surface area contributed by atoms with E-state index in [0.29, 0.717) is 17.9 Å². The van der Waals surface area contributed by atoms with Gasteiger partial charge in [-0.2, -0.15) is 0 Å². The van der Waals surface area contributed by atoms with Gasteiger partial charge in [-0.25, -0.2) is 4.79 Å². The van der Waals surface area contributed by atoms with Crippen LogP contribution in [0, 0.1) is 20.8 Å². The normalized spacial score (nSPS) is 11.1. The molecule has 0 unspecified atom stereocenters. The fourth-order valence-electron chi connectivity index (χ4n) is 4.08. The van der Waals surface area contributed by atoms with Gasteiger partial charge in [0.2, 0.25) is 0 Å². The maximum atomic E-state index is 12.3. The fraction of sp³-hybridized carbons (Fsp3) is 0.185. The Hall–Kier alpha value is -3.41. The molecule has 5 aromatic rings. The SMILES string of the molecule is Cc1ccc2c(-c3cc4c(CNCc5ccccc5)cnc(C)c4o3)cc(=O)oc2c1C.Cl. The molecule has 5 rings (SSSR count).